The van der Waals surface area contributed by atoms with Crippen molar-refractivity contribution in [3.8, 4) is 28.2 Å². The van der Waals surface area contributed by atoms with Crippen molar-refractivity contribution in [3.63, 3.8) is 0 Å². The number of aromatic nitrogens is 2. The fourth-order valence-corrected chi connectivity index (χ4v) is 4.37. The van der Waals surface area contributed by atoms with Gasteiger partial charge in [-0.05, 0) is 23.8 Å². The molecule has 0 saturated heterocycles. The molecule has 4 nitrogen and oxygen atoms in total. The molecule has 2 aromatic heterocycles. The summed E-state index contributed by atoms with van der Waals surface area (Å²) in [6, 6.07) is 28.3. The molecule has 5 heteroatoms. The molecule has 5 aromatic rings. The molecule has 3 aromatic carbocycles. The minimum absolute atomic E-state index is 0.577. The SMILES string of the molecule is COc1cccc(Sc2ncnc3oc(-c4ccccc4)c(-c4ccccc4)c23)c1. The maximum Gasteiger partial charge on any atom is 0.231 e. The van der Waals surface area contributed by atoms with E-state index in [1.807, 2.05) is 72.8 Å². The van der Waals surface area contributed by atoms with Gasteiger partial charge in [0.25, 0.3) is 0 Å². The van der Waals surface area contributed by atoms with Crippen molar-refractivity contribution in [2.24, 2.45) is 0 Å². The highest BCUT2D eigenvalue weighted by Gasteiger charge is 2.22. The van der Waals surface area contributed by atoms with Crippen LogP contribution < -0.4 is 4.74 Å². The summed E-state index contributed by atoms with van der Waals surface area (Å²) in [5.74, 6) is 1.61. The zero-order valence-electron chi connectivity index (χ0n) is 16.3. The minimum atomic E-state index is 0.577. The largest absolute Gasteiger partial charge is 0.497 e. The van der Waals surface area contributed by atoms with Gasteiger partial charge in [0.2, 0.25) is 5.71 Å². The van der Waals surface area contributed by atoms with Gasteiger partial charge in [-0.2, -0.15) is 0 Å². The Hall–Kier alpha value is -3.57. The summed E-state index contributed by atoms with van der Waals surface area (Å²) in [6.07, 6.45) is 1.55. The van der Waals surface area contributed by atoms with E-state index in [0.717, 1.165) is 43.5 Å². The third-order valence-electron chi connectivity index (χ3n) is 4.81. The van der Waals surface area contributed by atoms with Crippen molar-refractivity contribution in [3.05, 3.63) is 91.3 Å². The first-order valence-electron chi connectivity index (χ1n) is 9.54. The third kappa shape index (κ3) is 3.44. The Kier molecular flexibility index (Phi) is 4.95. The van der Waals surface area contributed by atoms with Gasteiger partial charge in [0.05, 0.1) is 12.5 Å². The number of ether oxygens (including phenoxy) is 1. The topological polar surface area (TPSA) is 48.2 Å². The molecule has 30 heavy (non-hydrogen) atoms. The number of fused-ring (bicyclic) bond motifs is 1. The van der Waals surface area contributed by atoms with Crippen LogP contribution in [0, 0.1) is 0 Å². The first kappa shape index (κ1) is 18.5. The minimum Gasteiger partial charge on any atom is -0.497 e. The molecule has 0 amide bonds. The Labute approximate surface area is 178 Å². The van der Waals surface area contributed by atoms with Crippen LogP contribution in [0.4, 0.5) is 0 Å². The van der Waals surface area contributed by atoms with Gasteiger partial charge in [0.15, 0.2) is 0 Å². The molecule has 0 aliphatic carbocycles. The fourth-order valence-electron chi connectivity index (χ4n) is 3.43. The smallest absolute Gasteiger partial charge is 0.231 e. The lowest BCUT2D eigenvalue weighted by Gasteiger charge is -2.07. The highest BCUT2D eigenvalue weighted by atomic mass is 32.2. The van der Waals surface area contributed by atoms with Crippen LogP contribution in [0.15, 0.2) is 106 Å². The quantitative estimate of drug-likeness (QED) is 0.301. The summed E-state index contributed by atoms with van der Waals surface area (Å²) in [6.45, 7) is 0. The summed E-state index contributed by atoms with van der Waals surface area (Å²) in [4.78, 5) is 10.1. The van der Waals surface area contributed by atoms with E-state index in [9.17, 15) is 0 Å². The monoisotopic (exact) mass is 410 g/mol. The van der Waals surface area contributed by atoms with Crippen LogP contribution in [0.5, 0.6) is 5.75 Å². The number of nitrogens with zero attached hydrogens (tertiary/aromatic N) is 2. The predicted octanol–water partition coefficient (Wildman–Crippen LogP) is 6.72. The molecule has 0 fully saturated rings. The number of rotatable bonds is 5. The van der Waals surface area contributed by atoms with Crippen molar-refractivity contribution < 1.29 is 9.15 Å². The zero-order chi connectivity index (χ0) is 20.3. The van der Waals surface area contributed by atoms with E-state index in [4.69, 9.17) is 9.15 Å². The molecule has 0 unspecified atom stereocenters. The lowest BCUT2D eigenvalue weighted by atomic mass is 10.00. The average molecular weight is 410 g/mol. The van der Waals surface area contributed by atoms with Gasteiger partial charge in [-0.25, -0.2) is 9.97 Å². The van der Waals surface area contributed by atoms with Crippen LogP contribution in [0.2, 0.25) is 0 Å². The molecule has 5 rings (SSSR count). The highest BCUT2D eigenvalue weighted by molar-refractivity contribution is 7.99. The molecular formula is C25H18N2O2S. The Balaban J connectivity index is 1.74. The summed E-state index contributed by atoms with van der Waals surface area (Å²) in [7, 11) is 1.67. The molecule has 0 aliphatic rings. The molecule has 0 N–H and O–H groups in total. The summed E-state index contributed by atoms with van der Waals surface area (Å²) in [5, 5.41) is 1.76. The first-order chi connectivity index (χ1) is 14.8. The molecule has 2 heterocycles. The second kappa shape index (κ2) is 8.05. The van der Waals surface area contributed by atoms with Crippen LogP contribution >= 0.6 is 11.8 Å². The molecular weight excluding hydrogens is 392 g/mol. The number of hydrogen-bond donors (Lipinski definition) is 0. The van der Waals surface area contributed by atoms with Crippen molar-refractivity contribution >= 4 is 22.9 Å². The molecule has 0 radical (unpaired) electrons. The second-order valence-electron chi connectivity index (χ2n) is 6.68. The maximum atomic E-state index is 6.27. The van der Waals surface area contributed by atoms with E-state index in [0.29, 0.717) is 5.71 Å². The molecule has 0 bridgehead atoms. The van der Waals surface area contributed by atoms with Gasteiger partial charge in [0, 0.05) is 16.0 Å². The molecule has 0 saturated carbocycles. The lowest BCUT2D eigenvalue weighted by molar-refractivity contribution is 0.413. The van der Waals surface area contributed by atoms with E-state index < -0.39 is 0 Å². The van der Waals surface area contributed by atoms with Gasteiger partial charge in [-0.1, -0.05) is 78.5 Å². The van der Waals surface area contributed by atoms with Crippen LogP contribution in [0.3, 0.4) is 0 Å². The zero-order valence-corrected chi connectivity index (χ0v) is 17.1. The Bertz CT molecular complexity index is 1300. The lowest BCUT2D eigenvalue weighted by Crippen LogP contribution is -1.87. The maximum absolute atomic E-state index is 6.27. The van der Waals surface area contributed by atoms with E-state index >= 15 is 0 Å². The Morgan fingerprint density at radius 3 is 2.27 bits per heavy atom. The van der Waals surface area contributed by atoms with Gasteiger partial charge < -0.3 is 9.15 Å². The van der Waals surface area contributed by atoms with E-state index in [1.165, 1.54) is 0 Å². The highest BCUT2D eigenvalue weighted by Crippen LogP contribution is 2.44. The van der Waals surface area contributed by atoms with Crippen LogP contribution in [0.1, 0.15) is 0 Å². The van der Waals surface area contributed by atoms with Crippen LogP contribution in [-0.4, -0.2) is 17.1 Å². The summed E-state index contributed by atoms with van der Waals surface area (Å²) in [5.41, 5.74) is 3.65. The molecule has 0 atom stereocenters. The van der Waals surface area contributed by atoms with Gasteiger partial charge >= 0.3 is 0 Å². The first-order valence-corrected chi connectivity index (χ1v) is 10.4. The number of benzene rings is 3. The van der Waals surface area contributed by atoms with Crippen LogP contribution in [-0.2, 0) is 0 Å². The van der Waals surface area contributed by atoms with E-state index in [1.54, 1.807) is 25.2 Å². The Morgan fingerprint density at radius 2 is 1.53 bits per heavy atom. The summed E-state index contributed by atoms with van der Waals surface area (Å²) < 4.78 is 11.6. The Morgan fingerprint density at radius 1 is 0.800 bits per heavy atom. The van der Waals surface area contributed by atoms with E-state index in [2.05, 4.69) is 22.1 Å². The third-order valence-corrected chi connectivity index (χ3v) is 5.80. The normalized spacial score (nSPS) is 11.0. The average Bonchev–Trinajstić information content (AvgIpc) is 3.21. The van der Waals surface area contributed by atoms with Gasteiger partial charge in [0.1, 0.15) is 22.9 Å². The van der Waals surface area contributed by atoms with Crippen molar-refractivity contribution in [2.75, 3.05) is 7.11 Å². The number of hydrogen-bond acceptors (Lipinski definition) is 5. The van der Waals surface area contributed by atoms with Crippen molar-refractivity contribution in [1.29, 1.82) is 0 Å². The van der Waals surface area contributed by atoms with Gasteiger partial charge in [-0.3, -0.25) is 0 Å². The molecule has 0 spiro atoms. The van der Waals surface area contributed by atoms with Crippen molar-refractivity contribution in [2.45, 2.75) is 9.92 Å². The van der Waals surface area contributed by atoms with Crippen molar-refractivity contribution in [1.82, 2.24) is 9.97 Å². The second-order valence-corrected chi connectivity index (χ2v) is 7.74. The fraction of sp³-hybridized carbons (Fsp3) is 0.0400. The molecule has 0 aliphatic heterocycles. The van der Waals surface area contributed by atoms with Gasteiger partial charge in [-0.15, -0.1) is 0 Å². The molecule has 146 valence electrons. The number of furan rings is 1. The van der Waals surface area contributed by atoms with E-state index in [-0.39, 0.29) is 0 Å². The predicted molar refractivity (Wildman–Crippen MR) is 120 cm³/mol. The summed E-state index contributed by atoms with van der Waals surface area (Å²) >= 11 is 1.57. The standard InChI is InChI=1S/C25H18N2O2S/c1-28-19-13-8-14-20(15-19)30-25-22-21(17-9-4-2-5-10-17)23(18-11-6-3-7-12-18)29-24(22)26-16-27-25/h2-16H,1H3. The number of methoxy groups -OCH3 is 1. The van der Waals surface area contributed by atoms with Crippen LogP contribution in [0.25, 0.3) is 33.6 Å².